The number of hydrogen-bond acceptors (Lipinski definition) is 7. The zero-order valence-electron chi connectivity index (χ0n) is 24.3. The predicted octanol–water partition coefficient (Wildman–Crippen LogP) is 4.81. The number of aromatic carboxylic acids is 1. The van der Waals surface area contributed by atoms with E-state index in [9.17, 15) is 14.7 Å². The number of amides is 1. The maximum absolute atomic E-state index is 13.4. The zero-order chi connectivity index (χ0) is 30.5. The lowest BCUT2D eigenvalue weighted by molar-refractivity contribution is 0.0623. The lowest BCUT2D eigenvalue weighted by atomic mass is 10.1. The Morgan fingerprint density at radius 1 is 1.05 bits per heavy atom. The number of aryl methyl sites for hydroxylation is 1. The Labute approximate surface area is 255 Å². The van der Waals surface area contributed by atoms with Gasteiger partial charge >= 0.3 is 5.97 Å². The third-order valence-corrected chi connectivity index (χ3v) is 7.86. The second kappa shape index (κ2) is 13.2. The van der Waals surface area contributed by atoms with Crippen molar-refractivity contribution >= 4 is 45.9 Å². The number of allylic oxidation sites excluding steroid dienone is 1. The largest absolute Gasteiger partial charge is 0.478 e. The molecule has 43 heavy (non-hydrogen) atoms. The van der Waals surface area contributed by atoms with Gasteiger partial charge in [-0.25, -0.2) is 9.78 Å². The number of nitrogens with two attached hydrogens (primary N) is 1. The molecule has 0 saturated carbocycles. The molecule has 0 aliphatic carbocycles. The number of piperazine rings is 1. The molecule has 1 fully saturated rings. The quantitative estimate of drug-likeness (QED) is 0.204. The van der Waals surface area contributed by atoms with Crippen LogP contribution in [0.25, 0.3) is 11.0 Å². The van der Waals surface area contributed by atoms with E-state index in [-0.39, 0.29) is 11.5 Å². The van der Waals surface area contributed by atoms with Gasteiger partial charge in [-0.1, -0.05) is 23.7 Å². The van der Waals surface area contributed by atoms with Crippen LogP contribution in [0.4, 0.5) is 11.4 Å². The summed E-state index contributed by atoms with van der Waals surface area (Å²) in [5, 5.41) is 16.7. The maximum Gasteiger partial charge on any atom is 0.335 e. The number of nitrogens with zero attached hydrogens (tertiary/aromatic N) is 4. The average Bonchev–Trinajstić information content (AvgIpc) is 3.34. The number of aromatic nitrogens is 2. The highest BCUT2D eigenvalue weighted by molar-refractivity contribution is 6.33. The first-order valence-corrected chi connectivity index (χ1v) is 14.7. The number of benzene rings is 3. The van der Waals surface area contributed by atoms with E-state index in [2.05, 4.69) is 15.5 Å². The Morgan fingerprint density at radius 3 is 2.53 bits per heavy atom. The number of imidazole rings is 1. The fraction of sp³-hybridized carbons (Fsp3) is 0.281. The molecule has 3 aromatic carbocycles. The van der Waals surface area contributed by atoms with Crippen molar-refractivity contribution in [3.8, 4) is 0 Å². The molecule has 0 bridgehead atoms. The summed E-state index contributed by atoms with van der Waals surface area (Å²) in [6, 6.07) is 18.2. The highest BCUT2D eigenvalue weighted by atomic mass is 35.5. The Hall–Kier alpha value is -4.54. The molecule has 0 radical (unpaired) electrons. The molecule has 10 nitrogen and oxygen atoms in total. The van der Waals surface area contributed by atoms with Crippen molar-refractivity contribution in [1.29, 1.82) is 0 Å². The monoisotopic (exact) mass is 601 g/mol. The van der Waals surface area contributed by atoms with E-state index in [1.54, 1.807) is 18.2 Å². The molecule has 5 N–H and O–H groups in total. The normalized spacial score (nSPS) is 14.2. The third kappa shape index (κ3) is 6.93. The van der Waals surface area contributed by atoms with Crippen LogP contribution in [0.15, 0.2) is 72.6 Å². The first-order valence-electron chi connectivity index (χ1n) is 14.3. The van der Waals surface area contributed by atoms with E-state index in [1.807, 2.05) is 65.8 Å². The van der Waals surface area contributed by atoms with E-state index in [0.717, 1.165) is 39.5 Å². The van der Waals surface area contributed by atoms with Crippen LogP contribution in [-0.4, -0.2) is 69.1 Å². The van der Waals surface area contributed by atoms with Gasteiger partial charge in [-0.15, -0.1) is 0 Å². The second-order valence-electron chi connectivity index (χ2n) is 10.6. The van der Waals surface area contributed by atoms with Crippen molar-refractivity contribution in [2.24, 2.45) is 5.73 Å². The molecule has 0 atom stereocenters. The van der Waals surface area contributed by atoms with Crippen molar-refractivity contribution in [3.63, 3.8) is 0 Å². The van der Waals surface area contributed by atoms with Crippen LogP contribution < -0.4 is 16.4 Å². The lowest BCUT2D eigenvalue weighted by Gasteiger charge is -2.34. The van der Waals surface area contributed by atoms with Crippen molar-refractivity contribution in [2.75, 3.05) is 38.0 Å². The number of halogens is 1. The summed E-state index contributed by atoms with van der Waals surface area (Å²) in [7, 11) is 0. The van der Waals surface area contributed by atoms with Crippen LogP contribution in [-0.2, 0) is 13.1 Å². The smallest absolute Gasteiger partial charge is 0.335 e. The van der Waals surface area contributed by atoms with Gasteiger partial charge in [0.1, 0.15) is 5.82 Å². The molecule has 1 aliphatic rings. The van der Waals surface area contributed by atoms with Gasteiger partial charge < -0.3 is 30.9 Å². The summed E-state index contributed by atoms with van der Waals surface area (Å²) in [5.74, 6) is -0.197. The van der Waals surface area contributed by atoms with Gasteiger partial charge in [0.2, 0.25) is 0 Å². The molecule has 1 aliphatic heterocycles. The Balaban J connectivity index is 1.28. The lowest BCUT2D eigenvalue weighted by Crippen LogP contribution is -2.48. The first-order chi connectivity index (χ1) is 20.7. The number of fused-ring (bicyclic) bond motifs is 1. The molecule has 0 unspecified atom stereocenters. The number of carboxylic acids is 1. The summed E-state index contributed by atoms with van der Waals surface area (Å²) in [4.78, 5) is 34.1. The number of hydrogen-bond donors (Lipinski definition) is 4. The van der Waals surface area contributed by atoms with Crippen molar-refractivity contribution in [3.05, 3.63) is 100 Å². The van der Waals surface area contributed by atoms with Crippen molar-refractivity contribution in [1.82, 2.24) is 24.7 Å². The number of carboxylic acid groups (broad SMARTS) is 1. The topological polar surface area (TPSA) is 129 Å². The van der Waals surface area contributed by atoms with E-state index in [0.29, 0.717) is 56.4 Å². The standard InChI is InChI=1S/C32H36ClN7O3/c1-3-35-25(18-34)19-40-29-17-23(32(42)43)8-10-28(29)37-30(40)20-38-11-13-39(14-12-38)31(41)22-5-4-6-24(16-22)36-27-9-7-21(2)15-26(27)33/h4-10,15-18,35-36H,3,11-14,19-20,34H2,1-2H3,(H,42,43)/b25-18-. The van der Waals surface area contributed by atoms with Crippen LogP contribution >= 0.6 is 11.6 Å². The molecule has 1 amide bonds. The summed E-state index contributed by atoms with van der Waals surface area (Å²) in [6.45, 7) is 8.20. The molecule has 224 valence electrons. The Bertz CT molecular complexity index is 1670. The molecule has 1 saturated heterocycles. The molecule has 0 spiro atoms. The summed E-state index contributed by atoms with van der Waals surface area (Å²) < 4.78 is 2.01. The van der Waals surface area contributed by atoms with Gasteiger partial charge in [0.25, 0.3) is 5.91 Å². The van der Waals surface area contributed by atoms with Crippen molar-refractivity contribution < 1.29 is 14.7 Å². The third-order valence-electron chi connectivity index (χ3n) is 7.55. The predicted molar refractivity (Wildman–Crippen MR) is 170 cm³/mol. The van der Waals surface area contributed by atoms with Gasteiger partial charge in [0.05, 0.1) is 40.4 Å². The van der Waals surface area contributed by atoms with Gasteiger partial charge in [0, 0.05) is 55.9 Å². The molecule has 4 aromatic rings. The molecular formula is C32H36ClN7O3. The number of likely N-dealkylation sites (N-methyl/N-ethyl adjacent to an activating group) is 1. The fourth-order valence-corrected chi connectivity index (χ4v) is 5.55. The van der Waals surface area contributed by atoms with Crippen LogP contribution in [0.3, 0.4) is 0 Å². The van der Waals surface area contributed by atoms with Gasteiger partial charge in [-0.3, -0.25) is 9.69 Å². The molecule has 1 aromatic heterocycles. The van der Waals surface area contributed by atoms with Crippen LogP contribution in [0.1, 0.15) is 39.0 Å². The number of carbonyl (C=O) groups is 2. The Morgan fingerprint density at radius 2 is 1.84 bits per heavy atom. The SMILES string of the molecule is CCN/C(=C\N)Cn1c(CN2CCN(C(=O)c3cccc(Nc4ccc(C)cc4Cl)c3)CC2)nc2ccc(C(=O)O)cc21. The minimum Gasteiger partial charge on any atom is -0.478 e. The van der Waals surface area contributed by atoms with Gasteiger partial charge in [0.15, 0.2) is 0 Å². The van der Waals surface area contributed by atoms with Crippen molar-refractivity contribution in [2.45, 2.75) is 26.9 Å². The number of carbonyl (C=O) groups excluding carboxylic acids is 1. The summed E-state index contributed by atoms with van der Waals surface area (Å²) in [5.41, 5.74) is 11.6. The van der Waals surface area contributed by atoms with E-state index < -0.39 is 5.97 Å². The molecular weight excluding hydrogens is 566 g/mol. The zero-order valence-corrected chi connectivity index (χ0v) is 25.1. The first kappa shape index (κ1) is 29.9. The van der Waals surface area contributed by atoms with Crippen LogP contribution in [0.2, 0.25) is 5.02 Å². The number of rotatable bonds is 10. The second-order valence-corrected chi connectivity index (χ2v) is 11.0. The molecule has 2 heterocycles. The summed E-state index contributed by atoms with van der Waals surface area (Å²) in [6.07, 6.45) is 1.53. The van der Waals surface area contributed by atoms with Gasteiger partial charge in [-0.05, 0) is 67.9 Å². The molecule has 5 rings (SSSR count). The fourth-order valence-electron chi connectivity index (χ4n) is 5.27. The Kier molecular flexibility index (Phi) is 9.18. The van der Waals surface area contributed by atoms with Crippen LogP contribution in [0, 0.1) is 6.92 Å². The highest BCUT2D eigenvalue weighted by Crippen LogP contribution is 2.27. The highest BCUT2D eigenvalue weighted by Gasteiger charge is 2.24. The minimum atomic E-state index is -0.987. The van der Waals surface area contributed by atoms with E-state index in [1.165, 1.54) is 6.20 Å². The minimum absolute atomic E-state index is 0.0184. The van der Waals surface area contributed by atoms with E-state index in [4.69, 9.17) is 22.3 Å². The summed E-state index contributed by atoms with van der Waals surface area (Å²) >= 11 is 6.39. The van der Waals surface area contributed by atoms with E-state index >= 15 is 0 Å². The average molecular weight is 602 g/mol. The number of nitrogens with one attached hydrogen (secondary N) is 2. The van der Waals surface area contributed by atoms with Crippen LogP contribution in [0.5, 0.6) is 0 Å². The number of anilines is 2. The maximum atomic E-state index is 13.4. The van der Waals surface area contributed by atoms with Gasteiger partial charge in [-0.2, -0.15) is 0 Å². The molecule has 11 heteroatoms.